The van der Waals surface area contributed by atoms with E-state index in [4.69, 9.17) is 9.72 Å². The summed E-state index contributed by atoms with van der Waals surface area (Å²) in [5.74, 6) is -0.319. The van der Waals surface area contributed by atoms with Crippen molar-refractivity contribution in [3.05, 3.63) is 71.4 Å². The van der Waals surface area contributed by atoms with E-state index in [9.17, 15) is 4.79 Å². The molecular formula is C21H20N2O2Se. The molecule has 1 aliphatic heterocycles. The van der Waals surface area contributed by atoms with E-state index in [1.54, 1.807) is 0 Å². The summed E-state index contributed by atoms with van der Waals surface area (Å²) in [5, 5.41) is 0. The number of esters is 1. The molecule has 0 bridgehead atoms. The molecule has 0 radical (unpaired) electrons. The van der Waals surface area contributed by atoms with Crippen LogP contribution in [0.25, 0.3) is 10.0 Å². The van der Waals surface area contributed by atoms with E-state index >= 15 is 0 Å². The summed E-state index contributed by atoms with van der Waals surface area (Å²) in [6, 6.07) is 18.6. The number of anilines is 1. The number of ether oxygens (including phenoxy) is 1. The summed E-state index contributed by atoms with van der Waals surface area (Å²) >= 11 is -0.00423. The zero-order chi connectivity index (χ0) is 17.9. The first-order valence-electron chi connectivity index (χ1n) is 8.81. The number of aromatic nitrogens is 1. The molecule has 2 aromatic carbocycles. The maximum absolute atomic E-state index is 12.5. The fourth-order valence-corrected chi connectivity index (χ4v) is 5.50. The first-order valence-corrected chi connectivity index (χ1v) is 10.5. The Hall–Kier alpha value is -2.36. The van der Waals surface area contributed by atoms with Crippen LogP contribution in [0.5, 0.6) is 0 Å². The summed E-state index contributed by atoms with van der Waals surface area (Å²) < 4.78 is 7.30. The molecule has 2 heterocycles. The zero-order valence-electron chi connectivity index (χ0n) is 14.6. The molecule has 0 spiro atoms. The predicted molar refractivity (Wildman–Crippen MR) is 104 cm³/mol. The van der Waals surface area contributed by atoms with E-state index in [0.717, 1.165) is 34.2 Å². The third-order valence-corrected chi connectivity index (χ3v) is 6.97. The fraction of sp³-hybridized carbons (Fsp3) is 0.238. The Bertz CT molecular complexity index is 921. The van der Waals surface area contributed by atoms with Gasteiger partial charge in [0.05, 0.1) is 0 Å². The van der Waals surface area contributed by atoms with Gasteiger partial charge in [-0.05, 0) is 0 Å². The van der Waals surface area contributed by atoms with Gasteiger partial charge in [-0.1, -0.05) is 0 Å². The summed E-state index contributed by atoms with van der Waals surface area (Å²) in [6.07, 6.45) is 1.01. The van der Waals surface area contributed by atoms with Crippen molar-refractivity contribution in [1.82, 2.24) is 4.98 Å². The Labute approximate surface area is 159 Å². The average molecular weight is 411 g/mol. The molecule has 3 aromatic rings. The van der Waals surface area contributed by atoms with Gasteiger partial charge < -0.3 is 0 Å². The molecule has 0 saturated heterocycles. The van der Waals surface area contributed by atoms with Gasteiger partial charge in [0.2, 0.25) is 0 Å². The van der Waals surface area contributed by atoms with Crippen LogP contribution in [0.1, 0.15) is 28.5 Å². The van der Waals surface area contributed by atoms with Gasteiger partial charge in [0.15, 0.2) is 0 Å². The third-order valence-electron chi connectivity index (χ3n) is 4.52. The van der Waals surface area contributed by atoms with Crippen molar-refractivity contribution in [2.45, 2.75) is 19.9 Å². The van der Waals surface area contributed by atoms with E-state index in [2.05, 4.69) is 29.2 Å². The molecule has 4 rings (SSSR count). The van der Waals surface area contributed by atoms with Crippen molar-refractivity contribution in [3.8, 4) is 10.0 Å². The van der Waals surface area contributed by atoms with Gasteiger partial charge in [-0.3, -0.25) is 0 Å². The standard InChI is InChI=1S/C21H20N2O2Se/c1-2-25-20(24)18-19(16-9-4-3-5-10-16)26-21(22-18)23-13-12-15-8-6-7-11-17(15)14-23/h3-11H,2,12-14H2,1H3. The van der Waals surface area contributed by atoms with Gasteiger partial charge in [-0.15, -0.1) is 0 Å². The van der Waals surface area contributed by atoms with Crippen molar-refractivity contribution < 1.29 is 9.53 Å². The first kappa shape index (κ1) is 17.1. The monoisotopic (exact) mass is 412 g/mol. The molecule has 132 valence electrons. The topological polar surface area (TPSA) is 42.4 Å². The van der Waals surface area contributed by atoms with Gasteiger partial charge in [0.1, 0.15) is 0 Å². The molecular weight excluding hydrogens is 391 g/mol. The van der Waals surface area contributed by atoms with E-state index in [-0.39, 0.29) is 20.5 Å². The number of nitrogens with zero attached hydrogens (tertiary/aromatic N) is 2. The molecule has 4 nitrogen and oxygen atoms in total. The third kappa shape index (κ3) is 3.33. The summed E-state index contributed by atoms with van der Waals surface area (Å²) in [5.41, 5.74) is 4.30. The summed E-state index contributed by atoms with van der Waals surface area (Å²) in [4.78, 5) is 19.5. The van der Waals surface area contributed by atoms with E-state index in [1.807, 2.05) is 37.3 Å². The van der Waals surface area contributed by atoms with Crippen molar-refractivity contribution in [1.29, 1.82) is 0 Å². The van der Waals surface area contributed by atoms with Crippen molar-refractivity contribution in [2.24, 2.45) is 0 Å². The normalized spacial score (nSPS) is 13.3. The quantitative estimate of drug-likeness (QED) is 0.487. The molecule has 1 aromatic heterocycles. The van der Waals surface area contributed by atoms with E-state index in [0.29, 0.717) is 12.3 Å². The maximum atomic E-state index is 12.5. The molecule has 1 aliphatic rings. The second-order valence-corrected chi connectivity index (χ2v) is 8.25. The molecule has 26 heavy (non-hydrogen) atoms. The number of rotatable bonds is 4. The Morgan fingerprint density at radius 2 is 1.85 bits per heavy atom. The van der Waals surface area contributed by atoms with Crippen LogP contribution >= 0.6 is 0 Å². The molecule has 0 saturated carbocycles. The van der Waals surface area contributed by atoms with Crippen molar-refractivity contribution in [3.63, 3.8) is 0 Å². The first-order chi connectivity index (χ1) is 12.8. The van der Waals surface area contributed by atoms with Crippen LogP contribution in [-0.4, -0.2) is 38.6 Å². The van der Waals surface area contributed by atoms with Crippen LogP contribution in [0.2, 0.25) is 0 Å². The minimum atomic E-state index is -0.319. The SMILES string of the molecule is CCOC(=O)c1nc(N2CCc3ccccc3C2)[se]c1-c1ccccc1. The van der Waals surface area contributed by atoms with Gasteiger partial charge in [-0.25, -0.2) is 0 Å². The second kappa shape index (κ2) is 7.48. The molecule has 0 aliphatic carbocycles. The van der Waals surface area contributed by atoms with Crippen LogP contribution in [0, 0.1) is 0 Å². The average Bonchev–Trinajstić information content (AvgIpc) is 3.14. The Morgan fingerprint density at radius 3 is 2.62 bits per heavy atom. The predicted octanol–water partition coefficient (Wildman–Crippen LogP) is 3.55. The zero-order valence-corrected chi connectivity index (χ0v) is 16.4. The number of benzene rings is 2. The molecule has 0 fully saturated rings. The van der Waals surface area contributed by atoms with E-state index < -0.39 is 0 Å². The Kier molecular flexibility index (Phi) is 4.91. The molecule has 5 heteroatoms. The molecule has 0 amide bonds. The van der Waals surface area contributed by atoms with Gasteiger partial charge in [0.25, 0.3) is 0 Å². The fourth-order valence-electron chi connectivity index (χ4n) is 3.23. The van der Waals surface area contributed by atoms with Crippen LogP contribution in [0.3, 0.4) is 0 Å². The van der Waals surface area contributed by atoms with Crippen LogP contribution in [-0.2, 0) is 17.7 Å². The number of fused-ring (bicyclic) bond motifs is 1. The number of carbonyl (C=O) groups excluding carboxylic acids is 1. The number of carbonyl (C=O) groups is 1. The van der Waals surface area contributed by atoms with E-state index in [1.165, 1.54) is 11.1 Å². The number of hydrogen-bond acceptors (Lipinski definition) is 4. The number of hydrogen-bond donors (Lipinski definition) is 0. The van der Waals surface area contributed by atoms with Gasteiger partial charge in [0, 0.05) is 0 Å². The van der Waals surface area contributed by atoms with Crippen LogP contribution < -0.4 is 4.90 Å². The van der Waals surface area contributed by atoms with Crippen molar-refractivity contribution in [2.75, 3.05) is 18.1 Å². The second-order valence-electron chi connectivity index (χ2n) is 6.20. The Morgan fingerprint density at radius 1 is 1.12 bits per heavy atom. The summed E-state index contributed by atoms with van der Waals surface area (Å²) in [7, 11) is 0. The Balaban J connectivity index is 1.71. The van der Waals surface area contributed by atoms with Gasteiger partial charge in [-0.2, -0.15) is 0 Å². The molecule has 0 N–H and O–H groups in total. The molecule has 0 unspecified atom stereocenters. The van der Waals surface area contributed by atoms with Gasteiger partial charge >= 0.3 is 159 Å². The molecule has 0 atom stereocenters. The van der Waals surface area contributed by atoms with Crippen LogP contribution in [0.15, 0.2) is 54.6 Å². The summed E-state index contributed by atoms with van der Waals surface area (Å²) in [6.45, 7) is 3.98. The van der Waals surface area contributed by atoms with Crippen molar-refractivity contribution >= 4 is 25.2 Å². The minimum absolute atomic E-state index is 0.00423. The van der Waals surface area contributed by atoms with Crippen LogP contribution in [0.4, 0.5) is 4.69 Å².